The van der Waals surface area contributed by atoms with Crippen LogP contribution >= 0.6 is 7.60 Å². The highest BCUT2D eigenvalue weighted by molar-refractivity contribution is 7.54. The van der Waals surface area contributed by atoms with E-state index < -0.39 is 19.7 Å². The molecule has 6 heteroatoms. The van der Waals surface area contributed by atoms with E-state index in [4.69, 9.17) is 11.8 Å². The molecule has 0 saturated heterocycles. The largest absolute Gasteiger partial charge is 0.466 e. The van der Waals surface area contributed by atoms with Crippen molar-refractivity contribution in [2.45, 2.75) is 20.8 Å². The van der Waals surface area contributed by atoms with Gasteiger partial charge in [0, 0.05) is 0 Å². The first-order chi connectivity index (χ1) is 7.35. The summed E-state index contributed by atoms with van der Waals surface area (Å²) >= 11 is 0. The average Bonchev–Trinajstić information content (AvgIpc) is 2.18. The Labute approximate surface area is 87.1 Å². The smallest absolute Gasteiger partial charge is 0.341 e. The van der Waals surface area contributed by atoms with Crippen LogP contribution < -0.4 is 0 Å². The minimum absolute atomic E-state index is 0.00338. The zero-order chi connectivity index (χ0) is 12.8. The van der Waals surface area contributed by atoms with Gasteiger partial charge in [-0.2, -0.15) is 0 Å². The van der Waals surface area contributed by atoms with Crippen molar-refractivity contribution in [2.24, 2.45) is 0 Å². The molecule has 0 aliphatic carbocycles. The maximum Gasteiger partial charge on any atom is 0.341 e. The number of carbonyl (C=O) groups excluding carboxylic acids is 1. The number of ether oxygens (including phenoxy) is 1. The van der Waals surface area contributed by atoms with E-state index in [0.717, 1.165) is 0 Å². The normalized spacial score (nSPS) is 14.5. The van der Waals surface area contributed by atoms with Crippen LogP contribution in [0, 0.1) is 0 Å². The third-order valence-electron chi connectivity index (χ3n) is 1.10. The molecule has 0 N–H and O–H groups in total. The van der Waals surface area contributed by atoms with Crippen LogP contribution in [0.15, 0.2) is 0 Å². The summed E-state index contributed by atoms with van der Waals surface area (Å²) in [5, 5.41) is 0. The summed E-state index contributed by atoms with van der Waals surface area (Å²) in [5.74, 6) is -1.24. The zero-order valence-electron chi connectivity index (χ0n) is 10.6. The molecule has 0 radical (unpaired) electrons. The second-order valence-corrected chi connectivity index (χ2v) is 3.90. The first kappa shape index (κ1) is 10.1. The lowest BCUT2D eigenvalue weighted by Gasteiger charge is -2.15. The number of hydrogen-bond donors (Lipinski definition) is 0. The zero-order valence-corrected chi connectivity index (χ0v) is 9.50. The van der Waals surface area contributed by atoms with Crippen molar-refractivity contribution in [1.82, 2.24) is 0 Å². The van der Waals surface area contributed by atoms with Gasteiger partial charge in [0.25, 0.3) is 0 Å². The van der Waals surface area contributed by atoms with Crippen LogP contribution in [0.4, 0.5) is 0 Å². The molecule has 0 atom stereocenters. The van der Waals surface area contributed by atoms with Crippen LogP contribution in [-0.2, 0) is 23.1 Å². The lowest BCUT2D eigenvalue weighted by molar-refractivity contribution is -0.140. The molecular formula is C8H17O5P. The van der Waals surface area contributed by atoms with E-state index in [9.17, 15) is 9.36 Å². The maximum atomic E-state index is 12.0. The SMILES string of the molecule is [2H]C([2H])(C(=O)OCC)P(=O)(OCC)OCC. The summed E-state index contributed by atoms with van der Waals surface area (Å²) in [5.41, 5.74) is 0. The monoisotopic (exact) mass is 226 g/mol. The molecule has 0 fully saturated rings. The predicted octanol–water partition coefficient (Wildman–Crippen LogP) is 1.82. The van der Waals surface area contributed by atoms with Gasteiger partial charge in [-0.05, 0) is 20.8 Å². The molecule has 0 aliphatic rings. The first-order valence-electron chi connectivity index (χ1n) is 5.42. The first-order valence-corrected chi connectivity index (χ1v) is 5.96. The van der Waals surface area contributed by atoms with Crippen LogP contribution in [-0.4, -0.2) is 31.9 Å². The minimum atomic E-state index is -4.15. The van der Waals surface area contributed by atoms with Crippen molar-refractivity contribution >= 4 is 13.6 Å². The van der Waals surface area contributed by atoms with Gasteiger partial charge in [0.2, 0.25) is 0 Å². The number of hydrogen-bond acceptors (Lipinski definition) is 5. The third kappa shape index (κ3) is 5.37. The van der Waals surface area contributed by atoms with Gasteiger partial charge in [-0.25, -0.2) is 0 Å². The topological polar surface area (TPSA) is 61.8 Å². The Bertz CT molecular complexity index is 272. The Morgan fingerprint density at radius 3 is 2.07 bits per heavy atom. The van der Waals surface area contributed by atoms with Gasteiger partial charge >= 0.3 is 13.6 Å². The molecular weight excluding hydrogens is 207 g/mol. The van der Waals surface area contributed by atoms with Crippen molar-refractivity contribution in [1.29, 1.82) is 0 Å². The summed E-state index contributed by atoms with van der Waals surface area (Å²) in [6.45, 7) is 4.56. The summed E-state index contributed by atoms with van der Waals surface area (Å²) in [4.78, 5) is 11.3. The standard InChI is InChI=1S/C8H17O5P/c1-4-11-8(9)7-14(10,12-5-2)13-6-3/h4-7H2,1-3H3/i7D2. The van der Waals surface area contributed by atoms with Gasteiger partial charge in [-0.15, -0.1) is 0 Å². The van der Waals surface area contributed by atoms with Gasteiger partial charge in [0.1, 0.15) is 6.11 Å². The minimum Gasteiger partial charge on any atom is -0.466 e. The molecule has 84 valence electrons. The second kappa shape index (κ2) is 6.98. The summed E-state index contributed by atoms with van der Waals surface area (Å²) in [6, 6.07) is 0. The molecule has 0 bridgehead atoms. The molecule has 5 nitrogen and oxygen atoms in total. The van der Waals surface area contributed by atoms with Crippen molar-refractivity contribution in [3.8, 4) is 0 Å². The van der Waals surface area contributed by atoms with Crippen molar-refractivity contribution in [3.05, 3.63) is 0 Å². The van der Waals surface area contributed by atoms with Crippen molar-refractivity contribution in [2.75, 3.05) is 25.9 Å². The Morgan fingerprint density at radius 2 is 1.71 bits per heavy atom. The number of esters is 1. The molecule has 0 unspecified atom stereocenters. The molecule has 14 heavy (non-hydrogen) atoms. The highest BCUT2D eigenvalue weighted by Crippen LogP contribution is 2.47. The van der Waals surface area contributed by atoms with Gasteiger partial charge in [0.15, 0.2) is 0 Å². The maximum absolute atomic E-state index is 12.0. The van der Waals surface area contributed by atoms with E-state index in [2.05, 4.69) is 4.74 Å². The van der Waals surface area contributed by atoms with Crippen LogP contribution in [0.1, 0.15) is 23.5 Å². The lowest BCUT2D eigenvalue weighted by atomic mass is 10.8. The van der Waals surface area contributed by atoms with Crippen LogP contribution in [0.2, 0.25) is 0 Å². The van der Waals surface area contributed by atoms with E-state index in [1.807, 2.05) is 0 Å². The fraction of sp³-hybridized carbons (Fsp3) is 0.875. The third-order valence-corrected chi connectivity index (χ3v) is 2.75. The van der Waals surface area contributed by atoms with E-state index in [0.29, 0.717) is 0 Å². The highest BCUT2D eigenvalue weighted by atomic mass is 31.2. The van der Waals surface area contributed by atoms with Gasteiger partial charge in [-0.3, -0.25) is 9.36 Å². The van der Waals surface area contributed by atoms with Crippen molar-refractivity contribution in [3.63, 3.8) is 0 Å². The molecule has 0 aromatic heterocycles. The molecule has 0 heterocycles. The van der Waals surface area contributed by atoms with Crippen LogP contribution in [0.5, 0.6) is 0 Å². The fourth-order valence-corrected chi connectivity index (χ4v) is 1.89. The molecule has 0 aromatic rings. The Hall–Kier alpha value is -0.380. The summed E-state index contributed by atoms with van der Waals surface area (Å²) in [6.07, 6.45) is -2.78. The van der Waals surface area contributed by atoms with E-state index in [1.165, 1.54) is 20.8 Å². The summed E-state index contributed by atoms with van der Waals surface area (Å²) < 4.78 is 41.0. The van der Waals surface area contributed by atoms with E-state index in [1.54, 1.807) is 0 Å². The van der Waals surface area contributed by atoms with Crippen molar-refractivity contribution < 1.29 is 25.9 Å². The Balaban J connectivity index is 5.02. The molecule has 0 aliphatic heterocycles. The van der Waals surface area contributed by atoms with Gasteiger partial charge < -0.3 is 13.8 Å². The predicted molar refractivity (Wildman–Crippen MR) is 52.4 cm³/mol. The number of rotatable bonds is 7. The molecule has 0 saturated carbocycles. The van der Waals surface area contributed by atoms with Gasteiger partial charge in [0.05, 0.1) is 22.6 Å². The van der Waals surface area contributed by atoms with Crippen LogP contribution in [0.25, 0.3) is 0 Å². The highest BCUT2D eigenvalue weighted by Gasteiger charge is 2.28. The average molecular weight is 226 g/mol. The number of carbonyl (C=O) groups is 1. The Kier molecular flexibility index (Phi) is 5.06. The molecule has 0 amide bonds. The molecule has 0 spiro atoms. The molecule has 0 rings (SSSR count). The lowest BCUT2D eigenvalue weighted by Crippen LogP contribution is -2.12. The van der Waals surface area contributed by atoms with Gasteiger partial charge in [-0.1, -0.05) is 0 Å². The quantitative estimate of drug-likeness (QED) is 0.489. The Morgan fingerprint density at radius 1 is 1.21 bits per heavy atom. The molecule has 0 aromatic carbocycles. The van der Waals surface area contributed by atoms with Crippen LogP contribution in [0.3, 0.4) is 0 Å². The van der Waals surface area contributed by atoms with E-state index in [-0.39, 0.29) is 19.8 Å². The fourth-order valence-electron chi connectivity index (χ4n) is 0.717. The summed E-state index contributed by atoms with van der Waals surface area (Å²) in [7, 11) is -4.15. The van der Waals surface area contributed by atoms with E-state index >= 15 is 0 Å². The second-order valence-electron chi connectivity index (χ2n) is 2.17.